The van der Waals surface area contributed by atoms with Gasteiger partial charge in [0.05, 0.1) is 6.54 Å². The lowest BCUT2D eigenvalue weighted by Crippen LogP contribution is -2.48. The van der Waals surface area contributed by atoms with E-state index in [0.29, 0.717) is 19.4 Å². The van der Waals surface area contributed by atoms with Gasteiger partial charge in [0.25, 0.3) is 0 Å². The van der Waals surface area contributed by atoms with Gasteiger partial charge >= 0.3 is 6.03 Å². The first kappa shape index (κ1) is 20.0. The van der Waals surface area contributed by atoms with Gasteiger partial charge in [-0.05, 0) is 12.8 Å². The standard InChI is InChI=1S/C13H25N9O3/c1-22-8(6-19-12(16)21-13(17)25)10(24)20-7(5-9(22)23)3-2-4-18-11(14)15/h7-8H,2-6H2,1H3,(H,20,24)(H4,14,15,18)(H5,16,17,19,21,25)/t7?,8-/m1/s1. The molecule has 0 spiro atoms. The van der Waals surface area contributed by atoms with Gasteiger partial charge in [0.1, 0.15) is 6.04 Å². The lowest BCUT2D eigenvalue weighted by atomic mass is 10.1. The fourth-order valence-corrected chi connectivity index (χ4v) is 2.33. The zero-order valence-corrected chi connectivity index (χ0v) is 14.1. The number of hydrogen-bond acceptors (Lipinski definition) is 5. The Balaban J connectivity index is 2.68. The number of carbonyl (C=O) groups is 3. The molecule has 0 aromatic carbocycles. The maximum Gasteiger partial charge on any atom is 0.318 e. The van der Waals surface area contributed by atoms with Crippen molar-refractivity contribution in [1.29, 1.82) is 0 Å². The molecule has 0 radical (unpaired) electrons. The highest BCUT2D eigenvalue weighted by Gasteiger charge is 2.33. The maximum absolute atomic E-state index is 12.4. The number of urea groups is 1. The van der Waals surface area contributed by atoms with E-state index in [9.17, 15) is 14.4 Å². The van der Waals surface area contributed by atoms with E-state index in [2.05, 4.69) is 20.6 Å². The van der Waals surface area contributed by atoms with Gasteiger partial charge in [0.2, 0.25) is 11.8 Å². The van der Waals surface area contributed by atoms with Crippen molar-refractivity contribution < 1.29 is 14.4 Å². The highest BCUT2D eigenvalue weighted by molar-refractivity contribution is 5.95. The lowest BCUT2D eigenvalue weighted by molar-refractivity contribution is -0.135. The number of guanidine groups is 2. The highest BCUT2D eigenvalue weighted by Crippen LogP contribution is 2.13. The minimum absolute atomic E-state index is 0.000737. The molecule has 12 nitrogen and oxygen atoms in total. The summed E-state index contributed by atoms with van der Waals surface area (Å²) in [6.07, 6.45) is 1.35. The molecule has 0 bridgehead atoms. The van der Waals surface area contributed by atoms with Gasteiger partial charge in [-0.3, -0.25) is 24.9 Å². The molecule has 10 N–H and O–H groups in total. The summed E-state index contributed by atoms with van der Waals surface area (Å²) < 4.78 is 0. The van der Waals surface area contributed by atoms with Crippen molar-refractivity contribution in [2.75, 3.05) is 20.1 Å². The molecule has 12 heteroatoms. The lowest BCUT2D eigenvalue weighted by Gasteiger charge is -2.22. The first-order chi connectivity index (χ1) is 11.7. The summed E-state index contributed by atoms with van der Waals surface area (Å²) in [6.45, 7) is 0.322. The minimum Gasteiger partial charge on any atom is -0.370 e. The van der Waals surface area contributed by atoms with Gasteiger partial charge in [-0.25, -0.2) is 4.79 Å². The number of nitrogens with zero attached hydrogens (tertiary/aromatic N) is 3. The molecule has 1 aliphatic rings. The summed E-state index contributed by atoms with van der Waals surface area (Å²) in [7, 11) is 1.52. The van der Waals surface area contributed by atoms with Crippen LogP contribution in [0.2, 0.25) is 0 Å². The summed E-state index contributed by atoms with van der Waals surface area (Å²) in [5, 5.41) is 4.90. The summed E-state index contributed by atoms with van der Waals surface area (Å²) >= 11 is 0. The third-order valence-electron chi connectivity index (χ3n) is 3.62. The maximum atomic E-state index is 12.4. The smallest absolute Gasteiger partial charge is 0.318 e. The third-order valence-corrected chi connectivity index (χ3v) is 3.62. The SMILES string of the molecule is CN1C(=O)CC(CCCN=C(N)N)NC(=O)[C@H]1CN=C(N)NC(N)=O. The molecule has 1 fully saturated rings. The molecular weight excluding hydrogens is 330 g/mol. The molecule has 1 heterocycles. The number of amides is 4. The Labute approximate surface area is 145 Å². The van der Waals surface area contributed by atoms with Crippen LogP contribution in [0, 0.1) is 0 Å². The molecule has 1 rings (SSSR count). The molecule has 2 atom stereocenters. The summed E-state index contributed by atoms with van der Waals surface area (Å²) in [5.74, 6) is -0.775. The van der Waals surface area contributed by atoms with E-state index >= 15 is 0 Å². The number of nitrogens with two attached hydrogens (primary N) is 4. The molecule has 4 amide bonds. The van der Waals surface area contributed by atoms with Crippen molar-refractivity contribution in [2.45, 2.75) is 31.3 Å². The average Bonchev–Trinajstić information content (AvgIpc) is 2.59. The number of primary amides is 1. The molecular formula is C13H25N9O3. The second-order valence-electron chi connectivity index (χ2n) is 5.59. The highest BCUT2D eigenvalue weighted by atomic mass is 16.2. The van der Waals surface area contributed by atoms with Gasteiger partial charge < -0.3 is 33.2 Å². The molecule has 0 aromatic rings. The van der Waals surface area contributed by atoms with E-state index in [0.717, 1.165) is 0 Å². The summed E-state index contributed by atoms with van der Waals surface area (Å²) in [5.41, 5.74) is 20.9. The topological polar surface area (TPSA) is 207 Å². The number of likely N-dealkylation sites (N-methyl/N-ethyl adjacent to an activating group) is 1. The Morgan fingerprint density at radius 1 is 1.28 bits per heavy atom. The predicted molar refractivity (Wildman–Crippen MR) is 92.2 cm³/mol. The molecule has 0 aliphatic carbocycles. The van der Waals surface area contributed by atoms with Gasteiger partial charge in [-0.1, -0.05) is 0 Å². The minimum atomic E-state index is -0.864. The monoisotopic (exact) mass is 355 g/mol. The summed E-state index contributed by atoms with van der Waals surface area (Å²) in [6, 6.07) is -2.01. The van der Waals surface area contributed by atoms with E-state index in [1.807, 2.05) is 0 Å². The second kappa shape index (κ2) is 9.30. The van der Waals surface area contributed by atoms with Gasteiger partial charge in [0.15, 0.2) is 11.9 Å². The fourth-order valence-electron chi connectivity index (χ4n) is 2.33. The van der Waals surface area contributed by atoms with Crippen LogP contribution in [-0.4, -0.2) is 66.9 Å². The number of carbonyl (C=O) groups excluding carboxylic acids is 3. The fraction of sp³-hybridized carbons (Fsp3) is 0.615. The number of nitrogens with one attached hydrogen (secondary N) is 2. The van der Waals surface area contributed by atoms with Crippen molar-refractivity contribution in [1.82, 2.24) is 15.5 Å². The first-order valence-electron chi connectivity index (χ1n) is 7.68. The van der Waals surface area contributed by atoms with Gasteiger partial charge in [-0.2, -0.15) is 0 Å². The Morgan fingerprint density at radius 2 is 1.96 bits per heavy atom. The normalized spacial score (nSPS) is 21.3. The molecule has 0 aromatic heterocycles. The number of hydrogen-bond donors (Lipinski definition) is 6. The Kier molecular flexibility index (Phi) is 7.43. The zero-order valence-electron chi connectivity index (χ0n) is 14.1. The van der Waals surface area contributed by atoms with E-state index in [1.54, 1.807) is 0 Å². The first-order valence-corrected chi connectivity index (χ1v) is 7.68. The van der Waals surface area contributed by atoms with Crippen molar-refractivity contribution in [2.24, 2.45) is 32.9 Å². The van der Waals surface area contributed by atoms with Crippen LogP contribution in [0.5, 0.6) is 0 Å². The van der Waals surface area contributed by atoms with Crippen LogP contribution in [0.1, 0.15) is 19.3 Å². The van der Waals surface area contributed by atoms with E-state index < -0.39 is 12.1 Å². The van der Waals surface area contributed by atoms with Crippen molar-refractivity contribution >= 4 is 29.8 Å². The Hall–Kier alpha value is -3.05. The number of aliphatic imine (C=N–C) groups is 2. The molecule has 1 unspecified atom stereocenters. The predicted octanol–water partition coefficient (Wildman–Crippen LogP) is -3.26. The van der Waals surface area contributed by atoms with Crippen LogP contribution in [0.15, 0.2) is 9.98 Å². The molecule has 1 aliphatic heterocycles. The van der Waals surface area contributed by atoms with Gasteiger partial charge in [0, 0.05) is 26.1 Å². The van der Waals surface area contributed by atoms with Gasteiger partial charge in [-0.15, -0.1) is 0 Å². The number of rotatable bonds is 6. The van der Waals surface area contributed by atoms with Crippen molar-refractivity contribution in [3.63, 3.8) is 0 Å². The van der Waals surface area contributed by atoms with Crippen LogP contribution >= 0.6 is 0 Å². The average molecular weight is 355 g/mol. The zero-order chi connectivity index (χ0) is 19.0. The molecule has 1 saturated heterocycles. The van der Waals surface area contributed by atoms with Crippen LogP contribution in [-0.2, 0) is 9.59 Å². The largest absolute Gasteiger partial charge is 0.370 e. The van der Waals surface area contributed by atoms with Crippen LogP contribution in [0.4, 0.5) is 4.79 Å². The Morgan fingerprint density at radius 3 is 2.56 bits per heavy atom. The van der Waals surface area contributed by atoms with Crippen molar-refractivity contribution in [3.05, 3.63) is 0 Å². The van der Waals surface area contributed by atoms with Crippen LogP contribution < -0.4 is 33.6 Å². The Bertz CT molecular complexity index is 571. The molecule has 140 valence electrons. The van der Waals surface area contributed by atoms with E-state index in [-0.39, 0.29) is 42.7 Å². The van der Waals surface area contributed by atoms with Crippen LogP contribution in [0.25, 0.3) is 0 Å². The van der Waals surface area contributed by atoms with E-state index in [4.69, 9.17) is 22.9 Å². The molecule has 25 heavy (non-hydrogen) atoms. The second-order valence-corrected chi connectivity index (χ2v) is 5.59. The van der Waals surface area contributed by atoms with E-state index in [1.165, 1.54) is 11.9 Å². The van der Waals surface area contributed by atoms with Crippen LogP contribution in [0.3, 0.4) is 0 Å². The molecule has 0 saturated carbocycles. The quantitative estimate of drug-likeness (QED) is 0.163. The summed E-state index contributed by atoms with van der Waals surface area (Å²) in [4.78, 5) is 44.3. The third kappa shape index (κ3) is 6.93. The van der Waals surface area contributed by atoms with Crippen molar-refractivity contribution in [3.8, 4) is 0 Å².